The Morgan fingerprint density at radius 2 is 1.47 bits per heavy atom. The highest BCUT2D eigenvalue weighted by molar-refractivity contribution is 5.38. The molecule has 0 saturated carbocycles. The molecule has 0 amide bonds. The molecule has 0 fully saturated rings. The van der Waals surface area contributed by atoms with E-state index >= 15 is 0 Å². The van der Waals surface area contributed by atoms with Crippen molar-refractivity contribution in [2.45, 2.75) is 25.4 Å². The molecule has 0 aliphatic heterocycles. The lowest BCUT2D eigenvalue weighted by atomic mass is 9.85. The van der Waals surface area contributed by atoms with Gasteiger partial charge in [0.05, 0.1) is 0 Å². The third-order valence-corrected chi connectivity index (χ3v) is 3.60. The highest BCUT2D eigenvalue weighted by Gasteiger charge is 2.29. The largest absolute Gasteiger partial charge is 0.379 e. The predicted octanol–water partition coefficient (Wildman–Crippen LogP) is 3.00. The maximum atomic E-state index is 10.9. The smallest absolute Gasteiger partial charge is 0.127 e. The van der Waals surface area contributed by atoms with Crippen LogP contribution in [0.1, 0.15) is 36.5 Å². The first kappa shape index (κ1) is 13.8. The minimum Gasteiger partial charge on any atom is -0.379 e. The SMILES string of the molecule is CC(C)c1ccc(C(O)(CN)c2ccccc2)cc1. The lowest BCUT2D eigenvalue weighted by Gasteiger charge is -2.28. The van der Waals surface area contributed by atoms with Crippen LogP contribution >= 0.6 is 0 Å². The Hall–Kier alpha value is -1.64. The van der Waals surface area contributed by atoms with Crippen LogP contribution in [0.3, 0.4) is 0 Å². The Morgan fingerprint density at radius 3 is 1.95 bits per heavy atom. The van der Waals surface area contributed by atoms with E-state index < -0.39 is 5.60 Å². The van der Waals surface area contributed by atoms with Gasteiger partial charge in [-0.15, -0.1) is 0 Å². The Bertz CT molecular complexity index is 519. The van der Waals surface area contributed by atoms with Gasteiger partial charge in [0, 0.05) is 6.54 Å². The molecular formula is C17H21NO. The highest BCUT2D eigenvalue weighted by Crippen LogP contribution is 2.29. The van der Waals surface area contributed by atoms with Gasteiger partial charge in [-0.25, -0.2) is 0 Å². The molecule has 100 valence electrons. The monoisotopic (exact) mass is 255 g/mol. The summed E-state index contributed by atoms with van der Waals surface area (Å²) in [6.45, 7) is 4.47. The zero-order valence-electron chi connectivity index (χ0n) is 11.5. The molecule has 0 radical (unpaired) electrons. The molecule has 2 heteroatoms. The van der Waals surface area contributed by atoms with E-state index in [1.54, 1.807) is 0 Å². The fraction of sp³-hybridized carbons (Fsp3) is 0.294. The first-order valence-corrected chi connectivity index (χ1v) is 6.66. The maximum Gasteiger partial charge on any atom is 0.127 e. The molecule has 0 saturated heterocycles. The third-order valence-electron chi connectivity index (χ3n) is 3.60. The number of aliphatic hydroxyl groups is 1. The molecular weight excluding hydrogens is 234 g/mol. The van der Waals surface area contributed by atoms with Crippen LogP contribution in [0.15, 0.2) is 54.6 Å². The van der Waals surface area contributed by atoms with Crippen molar-refractivity contribution in [3.05, 3.63) is 71.3 Å². The van der Waals surface area contributed by atoms with Gasteiger partial charge in [-0.2, -0.15) is 0 Å². The van der Waals surface area contributed by atoms with Crippen molar-refractivity contribution in [3.63, 3.8) is 0 Å². The van der Waals surface area contributed by atoms with Crippen LogP contribution in [0.5, 0.6) is 0 Å². The average molecular weight is 255 g/mol. The van der Waals surface area contributed by atoms with Gasteiger partial charge >= 0.3 is 0 Å². The summed E-state index contributed by atoms with van der Waals surface area (Å²) in [6.07, 6.45) is 0. The van der Waals surface area contributed by atoms with E-state index in [9.17, 15) is 5.11 Å². The second kappa shape index (κ2) is 5.55. The van der Waals surface area contributed by atoms with Gasteiger partial charge in [-0.05, 0) is 22.6 Å². The van der Waals surface area contributed by atoms with E-state index in [1.165, 1.54) is 5.56 Å². The molecule has 0 heterocycles. The molecule has 2 rings (SSSR count). The molecule has 2 aromatic carbocycles. The van der Waals surface area contributed by atoms with Crippen molar-refractivity contribution in [1.29, 1.82) is 0 Å². The number of hydrogen-bond acceptors (Lipinski definition) is 2. The maximum absolute atomic E-state index is 10.9. The summed E-state index contributed by atoms with van der Waals surface area (Å²) in [5, 5.41) is 10.9. The minimum atomic E-state index is -1.11. The third kappa shape index (κ3) is 2.70. The molecule has 2 nitrogen and oxygen atoms in total. The summed E-state index contributed by atoms with van der Waals surface area (Å²) in [7, 11) is 0. The van der Waals surface area contributed by atoms with Crippen LogP contribution in [0.2, 0.25) is 0 Å². The zero-order chi connectivity index (χ0) is 13.9. The Labute approximate surface area is 114 Å². The molecule has 19 heavy (non-hydrogen) atoms. The van der Waals surface area contributed by atoms with Crippen molar-refractivity contribution in [1.82, 2.24) is 0 Å². The number of benzene rings is 2. The van der Waals surface area contributed by atoms with Crippen LogP contribution in [0.25, 0.3) is 0 Å². The molecule has 0 spiro atoms. The van der Waals surface area contributed by atoms with E-state index in [-0.39, 0.29) is 6.54 Å². The van der Waals surface area contributed by atoms with Gasteiger partial charge < -0.3 is 10.8 Å². The van der Waals surface area contributed by atoms with Gasteiger partial charge in [0.2, 0.25) is 0 Å². The molecule has 1 unspecified atom stereocenters. The molecule has 3 N–H and O–H groups in total. The topological polar surface area (TPSA) is 46.2 Å². The van der Waals surface area contributed by atoms with Gasteiger partial charge in [0.25, 0.3) is 0 Å². The van der Waals surface area contributed by atoms with Crippen molar-refractivity contribution in [2.24, 2.45) is 5.73 Å². The fourth-order valence-corrected chi connectivity index (χ4v) is 2.26. The van der Waals surface area contributed by atoms with Gasteiger partial charge in [-0.1, -0.05) is 68.4 Å². The van der Waals surface area contributed by atoms with Crippen molar-refractivity contribution in [2.75, 3.05) is 6.54 Å². The van der Waals surface area contributed by atoms with Gasteiger partial charge in [0.1, 0.15) is 5.60 Å². The summed E-state index contributed by atoms with van der Waals surface area (Å²) in [5.74, 6) is 0.483. The van der Waals surface area contributed by atoms with E-state index in [4.69, 9.17) is 5.73 Å². The van der Waals surface area contributed by atoms with E-state index in [2.05, 4.69) is 26.0 Å². The van der Waals surface area contributed by atoms with Gasteiger partial charge in [-0.3, -0.25) is 0 Å². The number of rotatable bonds is 4. The van der Waals surface area contributed by atoms with Crippen LogP contribution in [-0.2, 0) is 5.60 Å². The average Bonchev–Trinajstić information content (AvgIpc) is 2.47. The summed E-state index contributed by atoms with van der Waals surface area (Å²) in [4.78, 5) is 0. The van der Waals surface area contributed by atoms with Crippen molar-refractivity contribution >= 4 is 0 Å². The standard InChI is InChI=1S/C17H21NO/c1-13(2)14-8-10-16(11-9-14)17(19,12-18)15-6-4-3-5-7-15/h3-11,13,19H,12,18H2,1-2H3. The van der Waals surface area contributed by atoms with Crippen molar-refractivity contribution < 1.29 is 5.11 Å². The molecule has 0 aliphatic rings. The van der Waals surface area contributed by atoms with E-state index in [1.807, 2.05) is 42.5 Å². The second-order valence-electron chi connectivity index (χ2n) is 5.21. The molecule has 0 bridgehead atoms. The Morgan fingerprint density at radius 1 is 0.947 bits per heavy atom. The summed E-state index contributed by atoms with van der Waals surface area (Å²) >= 11 is 0. The molecule has 1 atom stereocenters. The van der Waals surface area contributed by atoms with E-state index in [0.29, 0.717) is 5.92 Å². The van der Waals surface area contributed by atoms with E-state index in [0.717, 1.165) is 11.1 Å². The molecule has 0 aromatic heterocycles. The number of nitrogens with two attached hydrogens (primary N) is 1. The second-order valence-corrected chi connectivity index (χ2v) is 5.21. The summed E-state index contributed by atoms with van der Waals surface area (Å²) in [6, 6.07) is 17.6. The zero-order valence-corrected chi connectivity index (χ0v) is 11.5. The summed E-state index contributed by atoms with van der Waals surface area (Å²) in [5.41, 5.74) is 7.63. The van der Waals surface area contributed by atoms with Crippen LogP contribution in [0, 0.1) is 0 Å². The normalized spacial score (nSPS) is 14.4. The lowest BCUT2D eigenvalue weighted by Crippen LogP contribution is -2.36. The summed E-state index contributed by atoms with van der Waals surface area (Å²) < 4.78 is 0. The van der Waals surface area contributed by atoms with Crippen molar-refractivity contribution in [3.8, 4) is 0 Å². The quantitative estimate of drug-likeness (QED) is 0.882. The highest BCUT2D eigenvalue weighted by atomic mass is 16.3. The Balaban J connectivity index is 2.41. The first-order chi connectivity index (χ1) is 9.08. The minimum absolute atomic E-state index is 0.165. The lowest BCUT2D eigenvalue weighted by molar-refractivity contribution is 0.0902. The van der Waals surface area contributed by atoms with Crippen LogP contribution in [0.4, 0.5) is 0 Å². The van der Waals surface area contributed by atoms with Crippen LogP contribution < -0.4 is 5.73 Å². The predicted molar refractivity (Wildman–Crippen MR) is 79.0 cm³/mol. The number of hydrogen-bond donors (Lipinski definition) is 2. The van der Waals surface area contributed by atoms with Gasteiger partial charge in [0.15, 0.2) is 0 Å². The molecule has 0 aliphatic carbocycles. The first-order valence-electron chi connectivity index (χ1n) is 6.66. The molecule has 2 aromatic rings. The fourth-order valence-electron chi connectivity index (χ4n) is 2.26. The Kier molecular flexibility index (Phi) is 4.03. The van der Waals surface area contributed by atoms with Crippen LogP contribution in [-0.4, -0.2) is 11.7 Å².